The second kappa shape index (κ2) is 8.55. The zero-order valence-electron chi connectivity index (χ0n) is 17.1. The Morgan fingerprint density at radius 1 is 1.23 bits per heavy atom. The molecule has 3 heterocycles. The number of amides is 1. The van der Waals surface area contributed by atoms with Crippen molar-refractivity contribution in [3.05, 3.63) is 61.5 Å². The molecule has 0 radical (unpaired) electrons. The molecule has 0 saturated carbocycles. The fourth-order valence-electron chi connectivity index (χ4n) is 4.41. The molecule has 7 nitrogen and oxygen atoms in total. The predicted molar refractivity (Wildman–Crippen MR) is 119 cm³/mol. The van der Waals surface area contributed by atoms with Gasteiger partial charge in [-0.15, -0.1) is 0 Å². The lowest BCUT2D eigenvalue weighted by Crippen LogP contribution is -2.63. The fourth-order valence-corrected chi connectivity index (χ4v) is 4.82. The maximum absolute atomic E-state index is 13.0. The van der Waals surface area contributed by atoms with E-state index in [1.165, 1.54) is 10.9 Å². The molecule has 0 unspecified atom stereocenters. The Kier molecular flexibility index (Phi) is 5.99. The van der Waals surface area contributed by atoms with Crippen LogP contribution in [0, 0.1) is 0 Å². The molecule has 0 bridgehead atoms. The number of aryl methyl sites for hydroxylation is 1. The second-order valence-corrected chi connectivity index (χ2v) is 8.57. The summed E-state index contributed by atoms with van der Waals surface area (Å²) in [6.45, 7) is 3.00. The van der Waals surface area contributed by atoms with Gasteiger partial charge in [-0.1, -0.05) is 35.3 Å². The number of nitrogens with zero attached hydrogens (tertiary/aromatic N) is 3. The Morgan fingerprint density at radius 3 is 2.74 bits per heavy atom. The molecule has 1 aromatic carbocycles. The van der Waals surface area contributed by atoms with Gasteiger partial charge in [0.25, 0.3) is 5.91 Å². The molecule has 31 heavy (non-hydrogen) atoms. The van der Waals surface area contributed by atoms with E-state index in [1.807, 2.05) is 11.9 Å². The third-order valence-corrected chi connectivity index (χ3v) is 6.86. The van der Waals surface area contributed by atoms with Gasteiger partial charge >= 0.3 is 0 Å². The number of ketones is 1. The van der Waals surface area contributed by atoms with Gasteiger partial charge in [-0.05, 0) is 44.2 Å². The Hall–Kier alpha value is -2.51. The molecular formula is C22H23Cl2N3O4. The van der Waals surface area contributed by atoms with Crippen molar-refractivity contribution in [1.29, 1.82) is 0 Å². The number of fused-ring (bicyclic) bond motifs is 3. The van der Waals surface area contributed by atoms with Crippen LogP contribution in [0.25, 0.3) is 0 Å². The maximum atomic E-state index is 13.0. The van der Waals surface area contributed by atoms with E-state index < -0.39 is 22.9 Å². The quantitative estimate of drug-likeness (QED) is 0.684. The van der Waals surface area contributed by atoms with Crippen LogP contribution >= 0.6 is 23.2 Å². The van der Waals surface area contributed by atoms with Crippen molar-refractivity contribution in [2.75, 3.05) is 18.1 Å². The van der Waals surface area contributed by atoms with E-state index in [0.717, 1.165) is 19.3 Å². The van der Waals surface area contributed by atoms with Gasteiger partial charge in [0.05, 0.1) is 15.6 Å². The molecule has 1 atom stereocenters. The van der Waals surface area contributed by atoms with Gasteiger partial charge in [0.2, 0.25) is 5.43 Å². The monoisotopic (exact) mass is 463 g/mol. The van der Waals surface area contributed by atoms with Crippen molar-refractivity contribution in [3.63, 3.8) is 0 Å². The number of benzene rings is 1. The summed E-state index contributed by atoms with van der Waals surface area (Å²) < 4.78 is 1.51. The van der Waals surface area contributed by atoms with Crippen molar-refractivity contribution < 1.29 is 14.7 Å². The van der Waals surface area contributed by atoms with Crippen LogP contribution in [0.4, 0.5) is 0 Å². The highest BCUT2D eigenvalue weighted by molar-refractivity contribution is 6.42. The topological polar surface area (TPSA) is 82.9 Å². The molecule has 1 fully saturated rings. The summed E-state index contributed by atoms with van der Waals surface area (Å²) in [5.74, 6) is -1.50. The first-order valence-electron chi connectivity index (χ1n) is 10.4. The Morgan fingerprint density at radius 2 is 2.00 bits per heavy atom. The zero-order chi connectivity index (χ0) is 22.3. The minimum Gasteiger partial charge on any atom is -0.502 e. The van der Waals surface area contributed by atoms with E-state index in [9.17, 15) is 19.5 Å². The van der Waals surface area contributed by atoms with E-state index >= 15 is 0 Å². The fraction of sp³-hybridized carbons (Fsp3) is 0.409. The molecule has 1 amide bonds. The van der Waals surface area contributed by atoms with Crippen LogP contribution in [0.2, 0.25) is 10.0 Å². The third-order valence-electron chi connectivity index (χ3n) is 6.00. The number of halogens is 2. The van der Waals surface area contributed by atoms with Crippen LogP contribution in [0.1, 0.15) is 59.0 Å². The summed E-state index contributed by atoms with van der Waals surface area (Å²) in [5.41, 5.74) is -0.344. The van der Waals surface area contributed by atoms with Crippen LogP contribution in [-0.4, -0.2) is 45.6 Å². The van der Waals surface area contributed by atoms with Crippen LogP contribution in [0.5, 0.6) is 5.75 Å². The average Bonchev–Trinajstić information content (AvgIpc) is 2.77. The van der Waals surface area contributed by atoms with Gasteiger partial charge in [0.15, 0.2) is 17.2 Å². The summed E-state index contributed by atoms with van der Waals surface area (Å²) >= 11 is 12.2. The Balaban J connectivity index is 1.70. The first kappa shape index (κ1) is 21.7. The van der Waals surface area contributed by atoms with Gasteiger partial charge in [0, 0.05) is 25.7 Å². The summed E-state index contributed by atoms with van der Waals surface area (Å²) in [7, 11) is 0. The van der Waals surface area contributed by atoms with E-state index in [0.29, 0.717) is 35.1 Å². The molecular weight excluding hydrogens is 441 g/mol. The molecule has 164 valence electrons. The van der Waals surface area contributed by atoms with Crippen LogP contribution < -0.4 is 10.4 Å². The largest absolute Gasteiger partial charge is 0.502 e. The molecule has 4 rings (SSSR count). The van der Waals surface area contributed by atoms with E-state index in [2.05, 4.69) is 0 Å². The number of carbonyl (C=O) groups is 2. The van der Waals surface area contributed by atoms with Crippen LogP contribution in [0.3, 0.4) is 0 Å². The lowest BCUT2D eigenvalue weighted by molar-refractivity contribution is 0.0534. The molecule has 1 N–H and O–H groups in total. The van der Waals surface area contributed by atoms with E-state index in [1.54, 1.807) is 23.1 Å². The highest BCUT2D eigenvalue weighted by Crippen LogP contribution is 2.30. The van der Waals surface area contributed by atoms with Crippen molar-refractivity contribution in [2.24, 2.45) is 0 Å². The van der Waals surface area contributed by atoms with Gasteiger partial charge in [-0.25, -0.2) is 0 Å². The Bertz CT molecular complexity index is 1110. The summed E-state index contributed by atoms with van der Waals surface area (Å²) in [6, 6.07) is 5.18. The third kappa shape index (κ3) is 3.70. The number of carbonyl (C=O) groups excluding carboxylic acids is 2. The summed E-state index contributed by atoms with van der Waals surface area (Å²) in [6.07, 6.45) is 4.27. The lowest BCUT2D eigenvalue weighted by atomic mass is 10.0. The number of Topliss-reactive ketones (excluding diaryl/α,β-unsaturated/α-hetero) is 1. The number of hydrogen-bond acceptors (Lipinski definition) is 5. The van der Waals surface area contributed by atoms with E-state index in [-0.39, 0.29) is 23.8 Å². The summed E-state index contributed by atoms with van der Waals surface area (Å²) in [4.78, 5) is 40.4. The number of aromatic hydroxyl groups is 1. The summed E-state index contributed by atoms with van der Waals surface area (Å²) in [5, 5.41) is 13.3. The normalized spacial score (nSPS) is 18.0. The van der Waals surface area contributed by atoms with Gasteiger partial charge in [-0.2, -0.15) is 0 Å². The second-order valence-electron chi connectivity index (χ2n) is 7.78. The molecule has 1 saturated heterocycles. The number of pyridine rings is 1. The van der Waals surface area contributed by atoms with Gasteiger partial charge in [-0.3, -0.25) is 24.1 Å². The molecule has 2 aliphatic heterocycles. The lowest BCUT2D eigenvalue weighted by Gasteiger charge is -2.48. The molecule has 0 spiro atoms. The standard InChI is InChI=1S/C22H23Cl2N3O4/c1-2-25-17-8-3-4-11-26(17)27-12-14(20(29)21(30)19(27)22(25)31)16(28)10-9-13-6-5-7-15(23)18(13)24/h5-7,12,17,30H,2-4,8-11H2,1H3/t17-/m0/s1. The average molecular weight is 464 g/mol. The van der Waals surface area contributed by atoms with Crippen LogP contribution in [-0.2, 0) is 6.42 Å². The molecule has 2 aliphatic rings. The first-order valence-corrected chi connectivity index (χ1v) is 11.1. The molecule has 1 aromatic heterocycles. The highest BCUT2D eigenvalue weighted by atomic mass is 35.5. The number of hydrogen-bond donors (Lipinski definition) is 1. The number of rotatable bonds is 5. The van der Waals surface area contributed by atoms with Gasteiger partial charge in [0.1, 0.15) is 6.17 Å². The predicted octanol–water partition coefficient (Wildman–Crippen LogP) is 3.60. The van der Waals surface area contributed by atoms with Crippen molar-refractivity contribution >= 4 is 34.9 Å². The molecule has 2 aromatic rings. The minimum atomic E-state index is -0.826. The van der Waals surface area contributed by atoms with Crippen molar-refractivity contribution in [2.45, 2.75) is 45.2 Å². The van der Waals surface area contributed by atoms with Gasteiger partial charge < -0.3 is 10.0 Å². The smallest absolute Gasteiger partial charge is 0.278 e. The zero-order valence-corrected chi connectivity index (χ0v) is 18.6. The first-order chi connectivity index (χ1) is 14.8. The van der Waals surface area contributed by atoms with Crippen molar-refractivity contribution in [3.8, 4) is 5.75 Å². The molecule has 0 aliphatic carbocycles. The maximum Gasteiger partial charge on any atom is 0.278 e. The number of aromatic nitrogens is 1. The molecule has 9 heteroatoms. The Labute approximate surface area is 189 Å². The minimum absolute atomic E-state index is 0.0204. The van der Waals surface area contributed by atoms with Crippen molar-refractivity contribution in [1.82, 2.24) is 9.58 Å². The van der Waals surface area contributed by atoms with Crippen LogP contribution in [0.15, 0.2) is 29.2 Å². The van der Waals surface area contributed by atoms with E-state index in [4.69, 9.17) is 23.2 Å². The number of piperidine rings is 1. The highest BCUT2D eigenvalue weighted by Gasteiger charge is 2.40. The SMILES string of the molecule is CCN1C(=O)c2c(O)c(=O)c(C(=O)CCc3cccc(Cl)c3Cl)cn2N2CCCC[C@@H]12.